The topological polar surface area (TPSA) is 24.1 Å². The minimum Gasteiger partial charge on any atom is -0.319 e. The van der Waals surface area contributed by atoms with Crippen LogP contribution in [0.3, 0.4) is 0 Å². The summed E-state index contributed by atoms with van der Waals surface area (Å²) in [4.78, 5) is 0. The third-order valence-electron chi connectivity index (χ3n) is 3.06. The van der Waals surface area contributed by atoms with E-state index in [1.54, 1.807) is 0 Å². The molecule has 0 amide bonds. The van der Waals surface area contributed by atoms with Crippen LogP contribution in [0.4, 0.5) is 0 Å². The van der Waals surface area contributed by atoms with Crippen molar-refractivity contribution in [3.05, 3.63) is 0 Å². The molecule has 3 atom stereocenters. The molecule has 2 saturated heterocycles. The largest absolute Gasteiger partial charge is 0.319 e. The van der Waals surface area contributed by atoms with Crippen molar-refractivity contribution in [2.75, 3.05) is 13.6 Å². The molecule has 2 aliphatic rings. The number of hydrogen-bond acceptors (Lipinski definition) is 2. The van der Waals surface area contributed by atoms with Crippen molar-refractivity contribution >= 4 is 0 Å². The lowest BCUT2D eigenvalue weighted by Gasteiger charge is -2.28. The summed E-state index contributed by atoms with van der Waals surface area (Å²) in [5.41, 5.74) is 0. The Morgan fingerprint density at radius 3 is 2.45 bits per heavy atom. The van der Waals surface area contributed by atoms with E-state index in [4.69, 9.17) is 0 Å². The summed E-state index contributed by atoms with van der Waals surface area (Å²) in [5, 5.41) is 6.93. The Bertz CT molecular complexity index is 124. The molecule has 0 aromatic carbocycles. The van der Waals surface area contributed by atoms with Crippen LogP contribution >= 0.6 is 0 Å². The first-order valence-electron chi connectivity index (χ1n) is 4.79. The van der Waals surface area contributed by atoms with E-state index in [1.807, 2.05) is 0 Å². The molecular formula is C9H18N2. The zero-order chi connectivity index (χ0) is 7.68. The molecule has 0 radical (unpaired) electrons. The predicted molar refractivity (Wildman–Crippen MR) is 46.6 cm³/mol. The molecular weight excluding hydrogens is 136 g/mol. The van der Waals surface area contributed by atoms with Crippen LogP contribution in [-0.2, 0) is 0 Å². The third-order valence-corrected chi connectivity index (χ3v) is 3.06. The van der Waals surface area contributed by atoms with E-state index in [0.717, 1.165) is 18.0 Å². The highest BCUT2D eigenvalue weighted by atomic mass is 15.0. The molecule has 2 nitrogen and oxygen atoms in total. The first-order chi connectivity index (χ1) is 5.38. The molecule has 0 aliphatic carbocycles. The van der Waals surface area contributed by atoms with Gasteiger partial charge in [-0.15, -0.1) is 0 Å². The highest BCUT2D eigenvalue weighted by Crippen LogP contribution is 2.30. The second-order valence-corrected chi connectivity index (χ2v) is 4.03. The van der Waals surface area contributed by atoms with Crippen molar-refractivity contribution in [2.45, 2.75) is 37.8 Å². The van der Waals surface area contributed by atoms with Crippen molar-refractivity contribution in [1.29, 1.82) is 0 Å². The minimum atomic E-state index is 0.854. The van der Waals surface area contributed by atoms with Gasteiger partial charge in [-0.3, -0.25) is 0 Å². The average molecular weight is 154 g/mol. The van der Waals surface area contributed by atoms with Crippen molar-refractivity contribution < 1.29 is 0 Å². The highest BCUT2D eigenvalue weighted by molar-refractivity contribution is 4.92. The van der Waals surface area contributed by atoms with Gasteiger partial charge in [-0.2, -0.15) is 0 Å². The Labute approximate surface area is 68.7 Å². The third kappa shape index (κ3) is 1.57. The number of rotatable bonds is 2. The molecule has 64 valence electrons. The van der Waals surface area contributed by atoms with Crippen LogP contribution < -0.4 is 10.6 Å². The van der Waals surface area contributed by atoms with E-state index in [1.165, 1.54) is 32.2 Å². The van der Waals surface area contributed by atoms with Crippen LogP contribution in [0.1, 0.15) is 25.7 Å². The smallest absolute Gasteiger partial charge is 0.00733 e. The summed E-state index contributed by atoms with van der Waals surface area (Å²) in [7, 11) is 2.06. The van der Waals surface area contributed by atoms with Gasteiger partial charge < -0.3 is 10.6 Å². The van der Waals surface area contributed by atoms with Gasteiger partial charge in [0.25, 0.3) is 0 Å². The van der Waals surface area contributed by atoms with E-state index in [9.17, 15) is 0 Å². The molecule has 2 fully saturated rings. The average Bonchev–Trinajstić information content (AvgIpc) is 2.32. The van der Waals surface area contributed by atoms with Crippen molar-refractivity contribution in [3.8, 4) is 0 Å². The summed E-state index contributed by atoms with van der Waals surface area (Å²) in [6, 6.07) is 1.71. The van der Waals surface area contributed by atoms with E-state index >= 15 is 0 Å². The summed E-state index contributed by atoms with van der Waals surface area (Å²) < 4.78 is 0. The number of fused-ring (bicyclic) bond motifs is 2. The van der Waals surface area contributed by atoms with Gasteiger partial charge in [-0.05, 0) is 45.2 Å². The number of nitrogens with one attached hydrogen (secondary N) is 2. The first-order valence-corrected chi connectivity index (χ1v) is 4.79. The van der Waals surface area contributed by atoms with Crippen LogP contribution in [-0.4, -0.2) is 25.7 Å². The number of hydrogen-bond donors (Lipinski definition) is 2. The maximum atomic E-state index is 3.65. The molecule has 2 aliphatic heterocycles. The zero-order valence-electron chi connectivity index (χ0n) is 7.27. The van der Waals surface area contributed by atoms with E-state index in [0.29, 0.717) is 0 Å². The summed E-state index contributed by atoms with van der Waals surface area (Å²) >= 11 is 0. The maximum Gasteiger partial charge on any atom is 0.00733 e. The van der Waals surface area contributed by atoms with Gasteiger partial charge >= 0.3 is 0 Å². The monoisotopic (exact) mass is 154 g/mol. The molecule has 0 aromatic heterocycles. The normalized spacial score (nSPS) is 42.8. The van der Waals surface area contributed by atoms with Gasteiger partial charge in [0.15, 0.2) is 0 Å². The molecule has 2 unspecified atom stereocenters. The van der Waals surface area contributed by atoms with Crippen molar-refractivity contribution in [1.82, 2.24) is 10.6 Å². The summed E-state index contributed by atoms with van der Waals surface area (Å²) in [6.45, 7) is 1.22. The molecule has 0 spiro atoms. The standard InChI is InChI=1S/C9H18N2/c1-10-6-7-4-8-2-3-9(5-7)11-8/h7-11H,2-6H2,1H3/t7?,8-,9?/m0/s1. The Balaban J connectivity index is 1.87. The van der Waals surface area contributed by atoms with Crippen molar-refractivity contribution in [2.24, 2.45) is 5.92 Å². The maximum absolute atomic E-state index is 3.65. The summed E-state index contributed by atoms with van der Waals surface area (Å²) in [6.07, 6.45) is 5.64. The second kappa shape index (κ2) is 3.11. The van der Waals surface area contributed by atoms with Crippen LogP contribution in [0, 0.1) is 5.92 Å². The molecule has 0 saturated carbocycles. The number of piperidine rings is 1. The van der Waals surface area contributed by atoms with Crippen LogP contribution in [0.2, 0.25) is 0 Å². The lowest BCUT2D eigenvalue weighted by molar-refractivity contribution is 0.295. The molecule has 2 bridgehead atoms. The Morgan fingerprint density at radius 1 is 1.27 bits per heavy atom. The predicted octanol–water partition coefficient (Wildman–Crippen LogP) is 0.736. The van der Waals surface area contributed by atoms with Gasteiger partial charge in [0.05, 0.1) is 0 Å². The van der Waals surface area contributed by atoms with Gasteiger partial charge in [-0.1, -0.05) is 0 Å². The SMILES string of the molecule is CNCC1CC2CC[C@@H](C1)N2. The lowest BCUT2D eigenvalue weighted by atomic mass is 9.92. The van der Waals surface area contributed by atoms with Gasteiger partial charge in [0, 0.05) is 12.1 Å². The lowest BCUT2D eigenvalue weighted by Crippen LogP contribution is -2.40. The minimum absolute atomic E-state index is 0.854. The van der Waals surface area contributed by atoms with Crippen LogP contribution in [0.5, 0.6) is 0 Å². The van der Waals surface area contributed by atoms with Crippen molar-refractivity contribution in [3.63, 3.8) is 0 Å². The van der Waals surface area contributed by atoms with Crippen LogP contribution in [0.25, 0.3) is 0 Å². The highest BCUT2D eigenvalue weighted by Gasteiger charge is 2.32. The molecule has 2 heteroatoms. The Kier molecular flexibility index (Phi) is 2.14. The zero-order valence-corrected chi connectivity index (χ0v) is 7.27. The Morgan fingerprint density at radius 2 is 1.91 bits per heavy atom. The second-order valence-electron chi connectivity index (χ2n) is 4.03. The summed E-state index contributed by atoms with van der Waals surface area (Å²) in [5.74, 6) is 0.943. The fraction of sp³-hybridized carbons (Fsp3) is 1.00. The first kappa shape index (κ1) is 7.56. The van der Waals surface area contributed by atoms with Crippen LogP contribution in [0.15, 0.2) is 0 Å². The quantitative estimate of drug-likeness (QED) is 0.613. The Hall–Kier alpha value is -0.0800. The van der Waals surface area contributed by atoms with E-state index in [-0.39, 0.29) is 0 Å². The van der Waals surface area contributed by atoms with Gasteiger partial charge in [-0.25, -0.2) is 0 Å². The fourth-order valence-electron chi connectivity index (χ4n) is 2.63. The molecule has 2 heterocycles. The van der Waals surface area contributed by atoms with E-state index < -0.39 is 0 Å². The molecule has 2 N–H and O–H groups in total. The van der Waals surface area contributed by atoms with Gasteiger partial charge in [0.2, 0.25) is 0 Å². The molecule has 11 heavy (non-hydrogen) atoms. The van der Waals surface area contributed by atoms with Gasteiger partial charge in [0.1, 0.15) is 0 Å². The fourth-order valence-corrected chi connectivity index (χ4v) is 2.63. The molecule has 0 aromatic rings. The molecule has 2 rings (SSSR count). The van der Waals surface area contributed by atoms with E-state index in [2.05, 4.69) is 17.7 Å².